The van der Waals surface area contributed by atoms with Crippen molar-refractivity contribution in [3.05, 3.63) is 37.7 Å². The summed E-state index contributed by atoms with van der Waals surface area (Å²) in [6.07, 6.45) is 2.20. The molecule has 24 heavy (non-hydrogen) atoms. The zero-order chi connectivity index (χ0) is 17.3. The number of rotatable bonds is 5. The van der Waals surface area contributed by atoms with Crippen molar-refractivity contribution < 1.29 is 4.79 Å². The lowest BCUT2D eigenvalue weighted by Gasteiger charge is -2.10. The first kappa shape index (κ1) is 17.4. The number of hydrogen-bond donors (Lipinski definition) is 1. The van der Waals surface area contributed by atoms with Gasteiger partial charge in [-0.1, -0.05) is 11.8 Å². The number of aromatic nitrogens is 4. The number of aryl methyl sites for hydroxylation is 2. The summed E-state index contributed by atoms with van der Waals surface area (Å²) in [4.78, 5) is 21.1. The van der Waals surface area contributed by atoms with Gasteiger partial charge in [0.1, 0.15) is 0 Å². The first-order valence-corrected chi connectivity index (χ1v) is 10.1. The molecule has 126 valence electrons. The van der Waals surface area contributed by atoms with E-state index in [1.165, 1.54) is 11.8 Å². The maximum absolute atomic E-state index is 12.3. The molecule has 0 aliphatic heterocycles. The van der Waals surface area contributed by atoms with Crippen LogP contribution in [0.15, 0.2) is 20.4 Å². The number of nitrogens with zero attached hydrogens (tertiary/aromatic N) is 4. The highest BCUT2D eigenvalue weighted by Crippen LogP contribution is 2.23. The van der Waals surface area contributed by atoms with Gasteiger partial charge in [-0.2, -0.15) is 4.98 Å². The third kappa shape index (κ3) is 3.47. The predicted octanol–water partition coefficient (Wildman–Crippen LogP) is 3.15. The van der Waals surface area contributed by atoms with E-state index in [-0.39, 0.29) is 12.3 Å². The highest BCUT2D eigenvalue weighted by atomic mass is 79.9. The van der Waals surface area contributed by atoms with Gasteiger partial charge in [-0.15, -0.1) is 16.4 Å². The van der Waals surface area contributed by atoms with E-state index in [0.717, 1.165) is 26.3 Å². The van der Waals surface area contributed by atoms with Crippen molar-refractivity contribution in [1.82, 2.24) is 24.9 Å². The molecule has 0 saturated carbocycles. The predicted molar refractivity (Wildman–Crippen MR) is 99.6 cm³/mol. The van der Waals surface area contributed by atoms with Crippen LogP contribution in [-0.4, -0.2) is 31.7 Å². The topological polar surface area (TPSA) is 72.2 Å². The second-order valence-corrected chi connectivity index (χ2v) is 8.25. The van der Waals surface area contributed by atoms with Crippen LogP contribution < -0.4 is 5.32 Å². The minimum atomic E-state index is -0.0364. The Labute approximate surface area is 156 Å². The normalized spacial score (nSPS) is 11.2. The Kier molecular flexibility index (Phi) is 5.21. The number of amides is 1. The Hall–Kier alpha value is -1.45. The lowest BCUT2D eigenvalue weighted by atomic mass is 10.1. The molecule has 3 aromatic heterocycles. The van der Waals surface area contributed by atoms with E-state index in [2.05, 4.69) is 36.3 Å². The molecule has 0 aromatic carbocycles. The number of halogens is 1. The Morgan fingerprint density at radius 3 is 2.88 bits per heavy atom. The standard InChI is InChI=1S/C15H16BrN5OS2/c1-8-11(6-12(22)17-7-10-4-5-24-13(10)16)9(2)21-14(18-8)19-15(20-21)23-3/h4-5H,6-7H2,1-3H3,(H,17,22). The summed E-state index contributed by atoms with van der Waals surface area (Å²) in [7, 11) is 0. The SMILES string of the molecule is CSc1nc2nc(C)c(CC(=O)NCc3ccsc3Br)c(C)n2n1. The van der Waals surface area contributed by atoms with Gasteiger partial charge in [-0.3, -0.25) is 4.79 Å². The van der Waals surface area contributed by atoms with Crippen LogP contribution >= 0.6 is 39.0 Å². The second kappa shape index (κ2) is 7.20. The van der Waals surface area contributed by atoms with Crippen LogP contribution in [0.5, 0.6) is 0 Å². The average molecular weight is 426 g/mol. The molecule has 3 aromatic rings. The first-order valence-electron chi connectivity index (χ1n) is 7.25. The number of thiophene rings is 1. The summed E-state index contributed by atoms with van der Waals surface area (Å²) in [6.45, 7) is 4.35. The maximum Gasteiger partial charge on any atom is 0.253 e. The molecule has 3 heterocycles. The number of fused-ring (bicyclic) bond motifs is 1. The monoisotopic (exact) mass is 425 g/mol. The zero-order valence-electron chi connectivity index (χ0n) is 13.5. The number of nitrogens with one attached hydrogen (secondary N) is 1. The number of hydrogen-bond acceptors (Lipinski definition) is 6. The quantitative estimate of drug-likeness (QED) is 0.635. The number of carbonyl (C=O) groups excluding carboxylic acids is 1. The molecule has 0 bridgehead atoms. The number of carbonyl (C=O) groups is 1. The van der Waals surface area contributed by atoms with Crippen molar-refractivity contribution in [2.45, 2.75) is 32.0 Å². The molecule has 1 amide bonds. The number of thioether (sulfide) groups is 1. The summed E-state index contributed by atoms with van der Waals surface area (Å²) in [5.41, 5.74) is 3.68. The third-order valence-corrected chi connectivity index (χ3v) is 6.07. The summed E-state index contributed by atoms with van der Waals surface area (Å²) < 4.78 is 2.75. The largest absolute Gasteiger partial charge is 0.352 e. The third-order valence-electron chi connectivity index (χ3n) is 3.72. The lowest BCUT2D eigenvalue weighted by Crippen LogP contribution is -2.25. The molecule has 0 spiro atoms. The van der Waals surface area contributed by atoms with Gasteiger partial charge in [0.2, 0.25) is 11.1 Å². The molecule has 1 N–H and O–H groups in total. The van der Waals surface area contributed by atoms with Crippen molar-refractivity contribution >= 4 is 50.7 Å². The van der Waals surface area contributed by atoms with Gasteiger partial charge in [-0.05, 0) is 53.0 Å². The van der Waals surface area contributed by atoms with E-state index in [0.29, 0.717) is 17.5 Å². The highest BCUT2D eigenvalue weighted by Gasteiger charge is 2.16. The van der Waals surface area contributed by atoms with Gasteiger partial charge in [-0.25, -0.2) is 9.50 Å². The molecule has 0 radical (unpaired) electrons. The molecule has 9 heteroatoms. The fraction of sp³-hybridized carbons (Fsp3) is 0.333. The van der Waals surface area contributed by atoms with Gasteiger partial charge in [0, 0.05) is 23.5 Å². The summed E-state index contributed by atoms with van der Waals surface area (Å²) in [5.74, 6) is 0.534. The molecular weight excluding hydrogens is 410 g/mol. The van der Waals surface area contributed by atoms with Crippen molar-refractivity contribution in [2.75, 3.05) is 6.26 Å². The summed E-state index contributed by atoms with van der Waals surface area (Å²) in [6, 6.07) is 2.00. The van der Waals surface area contributed by atoms with Gasteiger partial charge < -0.3 is 5.32 Å². The molecule has 0 atom stereocenters. The second-order valence-electron chi connectivity index (χ2n) is 5.24. The van der Waals surface area contributed by atoms with E-state index >= 15 is 0 Å². The van der Waals surface area contributed by atoms with Gasteiger partial charge in [0.25, 0.3) is 5.78 Å². The molecule has 0 saturated heterocycles. The molecule has 6 nitrogen and oxygen atoms in total. The minimum Gasteiger partial charge on any atom is -0.352 e. The average Bonchev–Trinajstić information content (AvgIpc) is 3.15. The molecule has 0 fully saturated rings. The van der Waals surface area contributed by atoms with Crippen LogP contribution in [0.1, 0.15) is 22.5 Å². The molecule has 3 rings (SSSR count). The van der Waals surface area contributed by atoms with E-state index in [1.807, 2.05) is 31.5 Å². The zero-order valence-corrected chi connectivity index (χ0v) is 16.7. The van der Waals surface area contributed by atoms with Crippen molar-refractivity contribution in [3.63, 3.8) is 0 Å². The van der Waals surface area contributed by atoms with Crippen LogP contribution in [0.4, 0.5) is 0 Å². The Bertz CT molecular complexity index is 905. The van der Waals surface area contributed by atoms with Crippen LogP contribution in [0, 0.1) is 13.8 Å². The minimum absolute atomic E-state index is 0.0364. The van der Waals surface area contributed by atoms with Crippen LogP contribution in [0.25, 0.3) is 5.78 Å². The maximum atomic E-state index is 12.3. The fourth-order valence-electron chi connectivity index (χ4n) is 2.39. The van der Waals surface area contributed by atoms with Crippen molar-refractivity contribution in [1.29, 1.82) is 0 Å². The summed E-state index contributed by atoms with van der Waals surface area (Å²) in [5, 5.41) is 10.0. The van der Waals surface area contributed by atoms with E-state index in [4.69, 9.17) is 0 Å². The van der Waals surface area contributed by atoms with E-state index in [1.54, 1.807) is 15.9 Å². The Balaban J connectivity index is 1.78. The van der Waals surface area contributed by atoms with Gasteiger partial charge in [0.15, 0.2) is 0 Å². The first-order chi connectivity index (χ1) is 11.5. The van der Waals surface area contributed by atoms with Gasteiger partial charge >= 0.3 is 0 Å². The fourth-order valence-corrected chi connectivity index (χ4v) is 3.97. The van der Waals surface area contributed by atoms with Crippen LogP contribution in [0.2, 0.25) is 0 Å². The highest BCUT2D eigenvalue weighted by molar-refractivity contribution is 9.11. The Morgan fingerprint density at radius 1 is 1.42 bits per heavy atom. The molecule has 0 unspecified atom stereocenters. The van der Waals surface area contributed by atoms with Crippen molar-refractivity contribution in [2.24, 2.45) is 0 Å². The van der Waals surface area contributed by atoms with Gasteiger partial charge in [0.05, 0.1) is 10.2 Å². The molecule has 0 aliphatic carbocycles. The van der Waals surface area contributed by atoms with Crippen LogP contribution in [0.3, 0.4) is 0 Å². The van der Waals surface area contributed by atoms with E-state index < -0.39 is 0 Å². The van der Waals surface area contributed by atoms with Crippen molar-refractivity contribution in [3.8, 4) is 0 Å². The summed E-state index contributed by atoms with van der Waals surface area (Å²) >= 11 is 6.56. The molecular formula is C15H16BrN5OS2. The van der Waals surface area contributed by atoms with Crippen LogP contribution in [-0.2, 0) is 17.8 Å². The lowest BCUT2D eigenvalue weighted by molar-refractivity contribution is -0.120. The Morgan fingerprint density at radius 2 is 2.21 bits per heavy atom. The molecule has 0 aliphatic rings. The van der Waals surface area contributed by atoms with E-state index in [9.17, 15) is 4.79 Å². The smallest absolute Gasteiger partial charge is 0.253 e.